The molecule has 0 spiro atoms. The number of hydrogen-bond donors (Lipinski definition) is 2. The molecular weight excluding hydrogens is 306 g/mol. The van der Waals surface area contributed by atoms with E-state index in [1.165, 1.54) is 17.8 Å². The molecule has 4 rings (SSSR count). The van der Waals surface area contributed by atoms with Crippen LogP contribution in [0.1, 0.15) is 34.5 Å². The number of amides is 1. The van der Waals surface area contributed by atoms with Gasteiger partial charge in [0.05, 0.1) is 16.5 Å². The number of nitrogens with zero attached hydrogens (tertiary/aromatic N) is 1. The average Bonchev–Trinajstić information content (AvgIpc) is 3.31. The lowest BCUT2D eigenvalue weighted by Crippen LogP contribution is -2.42. The molecule has 3 atom stereocenters. The number of fused-ring (bicyclic) bond motifs is 2. The van der Waals surface area contributed by atoms with E-state index in [2.05, 4.69) is 16.7 Å². The van der Waals surface area contributed by atoms with Gasteiger partial charge in [-0.15, -0.1) is 11.3 Å². The van der Waals surface area contributed by atoms with Gasteiger partial charge < -0.3 is 10.6 Å². The smallest absolute Gasteiger partial charge is 0.261 e. The minimum atomic E-state index is -0.00459. The number of carbonyl (C=O) groups excluding carboxylic acids is 1. The van der Waals surface area contributed by atoms with Crippen LogP contribution in [0.2, 0.25) is 0 Å². The van der Waals surface area contributed by atoms with Gasteiger partial charge in [-0.05, 0) is 37.5 Å². The van der Waals surface area contributed by atoms with E-state index in [-0.39, 0.29) is 11.9 Å². The Bertz CT molecular complexity index is 792. The summed E-state index contributed by atoms with van der Waals surface area (Å²) in [6.45, 7) is 0. The third-order valence-corrected chi connectivity index (χ3v) is 5.88. The third-order valence-electron chi connectivity index (χ3n) is 4.76. The van der Waals surface area contributed by atoms with Crippen LogP contribution >= 0.6 is 11.3 Å². The lowest BCUT2D eigenvalue weighted by Gasteiger charge is -2.20. The largest absolute Gasteiger partial charge is 0.347 e. The van der Waals surface area contributed by atoms with Crippen molar-refractivity contribution in [3.63, 3.8) is 0 Å². The summed E-state index contributed by atoms with van der Waals surface area (Å²) in [7, 11) is 0. The Morgan fingerprint density at radius 2 is 2.13 bits per heavy atom. The van der Waals surface area contributed by atoms with Crippen molar-refractivity contribution in [2.45, 2.75) is 37.4 Å². The fourth-order valence-corrected chi connectivity index (χ4v) is 4.57. The molecule has 0 unspecified atom stereocenters. The van der Waals surface area contributed by atoms with Gasteiger partial charge in [0, 0.05) is 28.6 Å². The van der Waals surface area contributed by atoms with Crippen molar-refractivity contribution in [3.8, 4) is 16.5 Å². The molecule has 0 radical (unpaired) electrons. The molecule has 2 saturated heterocycles. The van der Waals surface area contributed by atoms with Gasteiger partial charge in [0.15, 0.2) is 0 Å². The summed E-state index contributed by atoms with van der Waals surface area (Å²) in [5.74, 6) is -0.00459. The van der Waals surface area contributed by atoms with E-state index in [1.54, 1.807) is 6.07 Å². The summed E-state index contributed by atoms with van der Waals surface area (Å²) in [6.07, 6.45) is 3.41. The predicted molar refractivity (Wildman–Crippen MR) is 90.3 cm³/mol. The number of nitriles is 1. The monoisotopic (exact) mass is 323 g/mol. The molecule has 5 heteroatoms. The maximum absolute atomic E-state index is 12.5. The van der Waals surface area contributed by atoms with Gasteiger partial charge >= 0.3 is 0 Å². The highest BCUT2D eigenvalue weighted by Crippen LogP contribution is 2.32. The number of benzene rings is 1. The normalized spacial score (nSPS) is 25.3. The molecule has 2 aliphatic heterocycles. The summed E-state index contributed by atoms with van der Waals surface area (Å²) < 4.78 is 0. The minimum Gasteiger partial charge on any atom is -0.347 e. The quantitative estimate of drug-likeness (QED) is 0.913. The van der Waals surface area contributed by atoms with E-state index in [0.29, 0.717) is 22.5 Å². The summed E-state index contributed by atoms with van der Waals surface area (Å²) in [4.78, 5) is 14.1. The average molecular weight is 323 g/mol. The Hall–Kier alpha value is -2.16. The molecule has 3 heterocycles. The number of carbonyl (C=O) groups is 1. The zero-order chi connectivity index (χ0) is 15.8. The van der Waals surface area contributed by atoms with Crippen molar-refractivity contribution in [1.29, 1.82) is 5.26 Å². The van der Waals surface area contributed by atoms with E-state index in [9.17, 15) is 10.1 Å². The zero-order valence-electron chi connectivity index (χ0n) is 12.6. The van der Waals surface area contributed by atoms with Gasteiger partial charge in [0.1, 0.15) is 0 Å². The molecule has 4 nitrogen and oxygen atoms in total. The first kappa shape index (κ1) is 14.4. The molecule has 2 N–H and O–H groups in total. The van der Waals surface area contributed by atoms with Crippen LogP contribution in [0.4, 0.5) is 0 Å². The Labute approximate surface area is 139 Å². The Morgan fingerprint density at radius 3 is 2.87 bits per heavy atom. The Balaban J connectivity index is 1.51. The maximum Gasteiger partial charge on any atom is 0.261 e. The molecule has 116 valence electrons. The highest BCUT2D eigenvalue weighted by Gasteiger charge is 2.39. The van der Waals surface area contributed by atoms with Gasteiger partial charge in [0.25, 0.3) is 5.91 Å². The molecule has 2 bridgehead atoms. The SMILES string of the molecule is N#Cc1ccccc1-c1ccc(C(=O)N[C@@H]2C[C@H]3CC[C@@H]2N3)s1. The molecule has 2 aromatic rings. The number of hydrogen-bond acceptors (Lipinski definition) is 4. The fraction of sp³-hybridized carbons (Fsp3) is 0.333. The van der Waals surface area contributed by atoms with E-state index in [4.69, 9.17) is 0 Å². The Morgan fingerprint density at radius 1 is 1.26 bits per heavy atom. The molecular formula is C18H17N3OS. The lowest BCUT2D eigenvalue weighted by atomic mass is 9.95. The second kappa shape index (κ2) is 5.80. The summed E-state index contributed by atoms with van der Waals surface area (Å²) in [5.41, 5.74) is 1.53. The summed E-state index contributed by atoms with van der Waals surface area (Å²) >= 11 is 1.44. The van der Waals surface area contributed by atoms with E-state index in [0.717, 1.165) is 23.3 Å². The second-order valence-electron chi connectivity index (χ2n) is 6.18. The van der Waals surface area contributed by atoms with Crippen molar-refractivity contribution in [2.24, 2.45) is 0 Å². The van der Waals surface area contributed by atoms with E-state index >= 15 is 0 Å². The van der Waals surface area contributed by atoms with Crippen LogP contribution in [-0.2, 0) is 0 Å². The van der Waals surface area contributed by atoms with Gasteiger partial charge in [-0.3, -0.25) is 4.79 Å². The molecule has 1 aromatic heterocycles. The van der Waals surface area contributed by atoms with Crippen molar-refractivity contribution in [3.05, 3.63) is 46.8 Å². The molecule has 23 heavy (non-hydrogen) atoms. The van der Waals surface area contributed by atoms with Crippen LogP contribution in [0.5, 0.6) is 0 Å². The molecule has 2 aliphatic rings. The molecule has 1 aromatic carbocycles. The molecule has 1 amide bonds. The number of thiophene rings is 1. The van der Waals surface area contributed by atoms with Crippen LogP contribution < -0.4 is 10.6 Å². The molecule has 0 aliphatic carbocycles. The van der Waals surface area contributed by atoms with Crippen LogP contribution in [0.25, 0.3) is 10.4 Å². The van der Waals surface area contributed by atoms with E-state index < -0.39 is 0 Å². The third kappa shape index (κ3) is 2.65. The van der Waals surface area contributed by atoms with Crippen LogP contribution in [0, 0.1) is 11.3 Å². The zero-order valence-corrected chi connectivity index (χ0v) is 13.4. The second-order valence-corrected chi connectivity index (χ2v) is 7.27. The highest BCUT2D eigenvalue weighted by atomic mass is 32.1. The van der Waals surface area contributed by atoms with Crippen molar-refractivity contribution in [1.82, 2.24) is 10.6 Å². The van der Waals surface area contributed by atoms with Crippen molar-refractivity contribution in [2.75, 3.05) is 0 Å². The number of rotatable bonds is 3. The maximum atomic E-state index is 12.5. The Kier molecular flexibility index (Phi) is 3.64. The predicted octanol–water partition coefficient (Wildman–Crippen LogP) is 2.91. The van der Waals surface area contributed by atoms with Crippen LogP contribution in [0.15, 0.2) is 36.4 Å². The lowest BCUT2D eigenvalue weighted by molar-refractivity contribution is 0.0935. The van der Waals surface area contributed by atoms with Crippen LogP contribution in [0.3, 0.4) is 0 Å². The molecule has 2 fully saturated rings. The van der Waals surface area contributed by atoms with Gasteiger partial charge in [-0.1, -0.05) is 18.2 Å². The standard InChI is InChI=1S/C18H17N3OS/c19-10-11-3-1-2-4-13(11)16-7-8-17(23-16)18(22)21-15-9-12-5-6-14(15)20-12/h1-4,7-8,12,14-15,20H,5-6,9H2,(H,21,22)/t12-,14+,15-/m1/s1. The van der Waals surface area contributed by atoms with E-state index in [1.807, 2.05) is 30.3 Å². The highest BCUT2D eigenvalue weighted by molar-refractivity contribution is 7.17. The summed E-state index contributed by atoms with van der Waals surface area (Å²) in [5, 5.41) is 15.9. The first-order valence-electron chi connectivity index (χ1n) is 7.91. The van der Waals surface area contributed by atoms with Crippen molar-refractivity contribution < 1.29 is 4.79 Å². The van der Waals surface area contributed by atoms with Gasteiger partial charge in [0.2, 0.25) is 0 Å². The minimum absolute atomic E-state index is 0.00459. The fourth-order valence-electron chi connectivity index (χ4n) is 3.62. The first-order chi connectivity index (χ1) is 11.2. The molecule has 0 saturated carbocycles. The number of nitrogens with one attached hydrogen (secondary N) is 2. The summed E-state index contributed by atoms with van der Waals surface area (Å²) in [6, 6.07) is 14.7. The van der Waals surface area contributed by atoms with Gasteiger partial charge in [-0.2, -0.15) is 5.26 Å². The van der Waals surface area contributed by atoms with Gasteiger partial charge in [-0.25, -0.2) is 0 Å². The first-order valence-corrected chi connectivity index (χ1v) is 8.72. The van der Waals surface area contributed by atoms with Crippen LogP contribution in [-0.4, -0.2) is 24.0 Å². The van der Waals surface area contributed by atoms with Crippen molar-refractivity contribution >= 4 is 17.2 Å². The topological polar surface area (TPSA) is 64.9 Å².